The van der Waals surface area contributed by atoms with Crippen molar-refractivity contribution < 1.29 is 5.11 Å². The maximum absolute atomic E-state index is 8.87. The first kappa shape index (κ1) is 10.0. The van der Waals surface area contributed by atoms with Crippen molar-refractivity contribution in [3.05, 3.63) is 18.7 Å². The first-order valence-corrected chi connectivity index (χ1v) is 4.35. The zero-order chi connectivity index (χ0) is 9.36. The van der Waals surface area contributed by atoms with Gasteiger partial charge >= 0.3 is 0 Å². The Balaban J connectivity index is 0.000000132. The van der Waals surface area contributed by atoms with Gasteiger partial charge in [-0.2, -0.15) is 5.10 Å². The number of hydrogen-bond acceptors (Lipinski definition) is 5. The molecule has 1 saturated heterocycles. The number of aliphatic hydroxyl groups is 1. The minimum atomic E-state index is -0.0266. The molecule has 72 valence electrons. The highest BCUT2D eigenvalue weighted by Gasteiger charge is 2.06. The number of nitrogens with one attached hydrogen (secondary N) is 1. The van der Waals surface area contributed by atoms with E-state index in [4.69, 9.17) is 5.11 Å². The van der Waals surface area contributed by atoms with Crippen LogP contribution in [-0.2, 0) is 0 Å². The Morgan fingerprint density at radius 1 is 1.15 bits per heavy atom. The van der Waals surface area contributed by atoms with Gasteiger partial charge in [0.1, 0.15) is 6.33 Å². The van der Waals surface area contributed by atoms with Crippen LogP contribution in [0.3, 0.4) is 0 Å². The monoisotopic (exact) mass is 182 g/mol. The normalized spacial score (nSPS) is 17.3. The highest BCUT2D eigenvalue weighted by Crippen LogP contribution is 1.99. The largest absolute Gasteiger partial charge is 0.393 e. The van der Waals surface area contributed by atoms with E-state index in [-0.39, 0.29) is 6.10 Å². The molecule has 13 heavy (non-hydrogen) atoms. The van der Waals surface area contributed by atoms with E-state index in [9.17, 15) is 0 Å². The van der Waals surface area contributed by atoms with Gasteiger partial charge in [0, 0.05) is 6.20 Å². The van der Waals surface area contributed by atoms with Gasteiger partial charge in [-0.25, -0.2) is 4.98 Å². The molecule has 0 spiro atoms. The average Bonchev–Trinajstić information content (AvgIpc) is 2.22. The van der Waals surface area contributed by atoms with E-state index in [1.165, 1.54) is 12.5 Å². The number of nitrogens with zero attached hydrogens (tertiary/aromatic N) is 3. The first-order valence-electron chi connectivity index (χ1n) is 4.35. The average molecular weight is 182 g/mol. The molecule has 2 heterocycles. The molecule has 1 aliphatic heterocycles. The van der Waals surface area contributed by atoms with Gasteiger partial charge in [0.25, 0.3) is 0 Å². The minimum absolute atomic E-state index is 0.0266. The Kier molecular flexibility index (Phi) is 4.97. The van der Waals surface area contributed by atoms with E-state index in [2.05, 4.69) is 20.5 Å². The molecule has 1 aromatic rings. The second kappa shape index (κ2) is 6.45. The van der Waals surface area contributed by atoms with Gasteiger partial charge in [-0.3, -0.25) is 0 Å². The van der Waals surface area contributed by atoms with Gasteiger partial charge in [0.15, 0.2) is 0 Å². The Bertz CT molecular complexity index is 174. The zero-order valence-electron chi connectivity index (χ0n) is 7.43. The highest BCUT2D eigenvalue weighted by molar-refractivity contribution is 4.65. The maximum Gasteiger partial charge on any atom is 0.138 e. The lowest BCUT2D eigenvalue weighted by Crippen LogP contribution is -2.30. The molecule has 5 heteroatoms. The van der Waals surface area contributed by atoms with Gasteiger partial charge in [-0.05, 0) is 25.9 Å². The van der Waals surface area contributed by atoms with Crippen molar-refractivity contribution in [3.8, 4) is 0 Å². The second-order valence-electron chi connectivity index (χ2n) is 2.77. The molecule has 0 atom stereocenters. The van der Waals surface area contributed by atoms with Crippen LogP contribution in [0.5, 0.6) is 0 Å². The molecule has 0 aromatic carbocycles. The molecule has 0 unspecified atom stereocenters. The lowest BCUT2D eigenvalue weighted by Gasteiger charge is -2.16. The first-order chi connectivity index (χ1) is 6.39. The second-order valence-corrected chi connectivity index (χ2v) is 2.77. The standard InChI is InChI=1S/C5H11NO.C3H3N3/c7-5-1-3-6-4-2-5;1-2-5-6-3-4-1/h5-7H,1-4H2;1-3H. The molecule has 1 aromatic heterocycles. The molecule has 0 aliphatic carbocycles. The summed E-state index contributed by atoms with van der Waals surface area (Å²) in [7, 11) is 0. The number of hydrogen-bond donors (Lipinski definition) is 2. The van der Waals surface area contributed by atoms with Gasteiger partial charge in [-0.1, -0.05) is 0 Å². The van der Waals surface area contributed by atoms with Crippen molar-refractivity contribution in [3.63, 3.8) is 0 Å². The van der Waals surface area contributed by atoms with Crippen molar-refractivity contribution in [1.82, 2.24) is 20.5 Å². The van der Waals surface area contributed by atoms with E-state index >= 15 is 0 Å². The van der Waals surface area contributed by atoms with Crippen molar-refractivity contribution in [2.45, 2.75) is 18.9 Å². The van der Waals surface area contributed by atoms with Crippen LogP contribution in [0.1, 0.15) is 12.8 Å². The van der Waals surface area contributed by atoms with Gasteiger partial charge in [0.05, 0.1) is 12.3 Å². The van der Waals surface area contributed by atoms with Crippen molar-refractivity contribution >= 4 is 0 Å². The van der Waals surface area contributed by atoms with Crippen LogP contribution in [-0.4, -0.2) is 39.5 Å². The van der Waals surface area contributed by atoms with E-state index in [0.717, 1.165) is 25.9 Å². The van der Waals surface area contributed by atoms with Crippen molar-refractivity contribution in [2.24, 2.45) is 0 Å². The van der Waals surface area contributed by atoms with Crippen molar-refractivity contribution in [2.75, 3.05) is 13.1 Å². The maximum atomic E-state index is 8.87. The summed E-state index contributed by atoms with van der Waals surface area (Å²) in [5, 5.41) is 18.9. The van der Waals surface area contributed by atoms with Gasteiger partial charge in [0.2, 0.25) is 0 Å². The summed E-state index contributed by atoms with van der Waals surface area (Å²) in [4.78, 5) is 3.61. The fraction of sp³-hybridized carbons (Fsp3) is 0.625. The van der Waals surface area contributed by atoms with Gasteiger partial charge in [-0.15, -0.1) is 5.10 Å². The third kappa shape index (κ3) is 5.21. The van der Waals surface area contributed by atoms with Crippen LogP contribution in [0.25, 0.3) is 0 Å². The Morgan fingerprint density at radius 2 is 1.92 bits per heavy atom. The summed E-state index contributed by atoms with van der Waals surface area (Å²) >= 11 is 0. The predicted molar refractivity (Wildman–Crippen MR) is 47.9 cm³/mol. The molecular weight excluding hydrogens is 168 g/mol. The van der Waals surface area contributed by atoms with E-state index in [0.29, 0.717) is 0 Å². The fourth-order valence-electron chi connectivity index (χ4n) is 1.01. The quantitative estimate of drug-likeness (QED) is 0.571. The molecule has 0 radical (unpaired) electrons. The van der Waals surface area contributed by atoms with Crippen LogP contribution in [0.4, 0.5) is 0 Å². The molecule has 1 aliphatic rings. The molecule has 1 fully saturated rings. The third-order valence-corrected chi connectivity index (χ3v) is 1.71. The van der Waals surface area contributed by atoms with E-state index in [1.54, 1.807) is 6.20 Å². The summed E-state index contributed by atoms with van der Waals surface area (Å²) < 4.78 is 0. The zero-order valence-corrected chi connectivity index (χ0v) is 7.43. The van der Waals surface area contributed by atoms with Crippen LogP contribution in [0.2, 0.25) is 0 Å². The van der Waals surface area contributed by atoms with Crippen LogP contribution < -0.4 is 5.32 Å². The molecule has 0 bridgehead atoms. The molecule has 2 rings (SSSR count). The minimum Gasteiger partial charge on any atom is -0.393 e. The van der Waals surface area contributed by atoms with Crippen LogP contribution in [0, 0.1) is 0 Å². The lowest BCUT2D eigenvalue weighted by molar-refractivity contribution is 0.137. The smallest absolute Gasteiger partial charge is 0.138 e. The van der Waals surface area contributed by atoms with Crippen LogP contribution in [0.15, 0.2) is 18.7 Å². The van der Waals surface area contributed by atoms with E-state index in [1.807, 2.05) is 0 Å². The highest BCUT2D eigenvalue weighted by atomic mass is 16.3. The molecule has 2 N–H and O–H groups in total. The SMILES string of the molecule is OC1CCNCC1.c1cnncn1. The van der Waals surface area contributed by atoms with Gasteiger partial charge < -0.3 is 10.4 Å². The molecular formula is C8H14N4O. The number of aromatic nitrogens is 3. The lowest BCUT2D eigenvalue weighted by atomic mass is 10.1. The predicted octanol–water partition coefficient (Wildman–Crippen LogP) is -0.398. The Morgan fingerprint density at radius 3 is 2.15 bits per heavy atom. The topological polar surface area (TPSA) is 70.9 Å². The fourth-order valence-corrected chi connectivity index (χ4v) is 1.01. The molecule has 0 saturated carbocycles. The summed E-state index contributed by atoms with van der Waals surface area (Å²) in [5.74, 6) is 0. The summed E-state index contributed by atoms with van der Waals surface area (Å²) in [6.45, 7) is 1.97. The van der Waals surface area contributed by atoms with E-state index < -0.39 is 0 Å². The summed E-state index contributed by atoms with van der Waals surface area (Å²) in [6.07, 6.45) is 6.33. The Hall–Kier alpha value is -1.07. The molecule has 5 nitrogen and oxygen atoms in total. The Labute approximate surface area is 77.2 Å². The summed E-state index contributed by atoms with van der Waals surface area (Å²) in [5.41, 5.74) is 0. The summed E-state index contributed by atoms with van der Waals surface area (Å²) in [6, 6.07) is 0. The van der Waals surface area contributed by atoms with Crippen molar-refractivity contribution in [1.29, 1.82) is 0 Å². The number of piperidine rings is 1. The van der Waals surface area contributed by atoms with Crippen LogP contribution >= 0.6 is 0 Å². The molecule has 0 amide bonds. The number of rotatable bonds is 0. The number of aliphatic hydroxyl groups excluding tert-OH is 1. The third-order valence-electron chi connectivity index (χ3n) is 1.71.